The van der Waals surface area contributed by atoms with E-state index in [0.29, 0.717) is 34.6 Å². The van der Waals surface area contributed by atoms with E-state index in [9.17, 15) is 14.4 Å². The number of nitrogens with one attached hydrogen (secondary N) is 4. The number of aromatic amines is 1. The molecule has 196 valence electrons. The lowest BCUT2D eigenvalue weighted by Crippen LogP contribution is -2.37. The first-order chi connectivity index (χ1) is 18.4. The first-order valence-electron chi connectivity index (χ1n) is 13.1. The van der Waals surface area contributed by atoms with E-state index in [4.69, 9.17) is 0 Å². The van der Waals surface area contributed by atoms with Gasteiger partial charge in [-0.05, 0) is 75.7 Å². The Balaban J connectivity index is 1.30. The number of rotatable bonds is 7. The van der Waals surface area contributed by atoms with Crippen LogP contribution < -0.4 is 16.0 Å². The van der Waals surface area contributed by atoms with Gasteiger partial charge in [-0.3, -0.25) is 14.4 Å². The number of carbonyl (C=O) groups excluding carboxylic acids is 3. The minimum absolute atomic E-state index is 0.104. The number of anilines is 2. The minimum atomic E-state index is -0.231. The molecule has 4 N–H and O–H groups in total. The first-order valence-corrected chi connectivity index (χ1v) is 13.1. The Labute approximate surface area is 222 Å². The van der Waals surface area contributed by atoms with E-state index in [0.717, 1.165) is 42.1 Å². The molecule has 5 rings (SSSR count). The van der Waals surface area contributed by atoms with Crippen molar-refractivity contribution in [1.29, 1.82) is 0 Å². The van der Waals surface area contributed by atoms with Crippen LogP contribution in [0.1, 0.15) is 62.5 Å². The van der Waals surface area contributed by atoms with Gasteiger partial charge in [0.1, 0.15) is 0 Å². The standard InChI is InChI=1S/C30H33N5O3/c1-19-25(32-20(2)27(19)30(38)31-13-16-35-14-7-4-8-15-35)18-24-23-12-11-22(17-26(23)34-29(24)37)33-28(36)21-9-5-3-6-10-21/h3,5-6,9-12,17-18,32H,4,7-8,13-16H2,1-2H3,(H,31,38)(H,33,36)(H,34,37)/b24-18-. The molecule has 0 unspecified atom stereocenters. The first kappa shape index (κ1) is 25.5. The van der Waals surface area contributed by atoms with Crippen molar-refractivity contribution in [2.75, 3.05) is 36.8 Å². The van der Waals surface area contributed by atoms with Gasteiger partial charge in [0.15, 0.2) is 0 Å². The summed E-state index contributed by atoms with van der Waals surface area (Å²) in [5.41, 5.74) is 5.94. The molecule has 2 aliphatic heterocycles. The van der Waals surface area contributed by atoms with Crippen LogP contribution in [0.5, 0.6) is 0 Å². The minimum Gasteiger partial charge on any atom is -0.358 e. The van der Waals surface area contributed by atoms with Crippen molar-refractivity contribution in [2.24, 2.45) is 0 Å². The molecule has 0 atom stereocenters. The van der Waals surface area contributed by atoms with Gasteiger partial charge in [0, 0.05) is 41.3 Å². The maximum Gasteiger partial charge on any atom is 0.256 e. The number of aromatic nitrogens is 1. The summed E-state index contributed by atoms with van der Waals surface area (Å²) >= 11 is 0. The summed E-state index contributed by atoms with van der Waals surface area (Å²) in [7, 11) is 0. The van der Waals surface area contributed by atoms with Gasteiger partial charge in [-0.1, -0.05) is 30.7 Å². The molecule has 0 spiro atoms. The molecule has 2 aromatic carbocycles. The predicted molar refractivity (Wildman–Crippen MR) is 150 cm³/mol. The largest absolute Gasteiger partial charge is 0.358 e. The highest BCUT2D eigenvalue weighted by Crippen LogP contribution is 2.36. The molecular formula is C30H33N5O3. The maximum atomic E-state index is 13.0. The highest BCUT2D eigenvalue weighted by Gasteiger charge is 2.26. The zero-order chi connectivity index (χ0) is 26.6. The second-order valence-electron chi connectivity index (χ2n) is 9.91. The average Bonchev–Trinajstić information content (AvgIpc) is 3.38. The van der Waals surface area contributed by atoms with E-state index in [1.165, 1.54) is 19.3 Å². The highest BCUT2D eigenvalue weighted by atomic mass is 16.2. The lowest BCUT2D eigenvalue weighted by molar-refractivity contribution is -0.110. The number of carbonyl (C=O) groups is 3. The zero-order valence-corrected chi connectivity index (χ0v) is 21.8. The van der Waals surface area contributed by atoms with E-state index < -0.39 is 0 Å². The fourth-order valence-corrected chi connectivity index (χ4v) is 5.21. The number of amides is 3. The summed E-state index contributed by atoms with van der Waals surface area (Å²) in [4.78, 5) is 44.0. The topological polar surface area (TPSA) is 106 Å². The predicted octanol–water partition coefficient (Wildman–Crippen LogP) is 4.59. The average molecular weight is 512 g/mol. The van der Waals surface area contributed by atoms with Crippen molar-refractivity contribution in [1.82, 2.24) is 15.2 Å². The number of fused-ring (bicyclic) bond motifs is 1. The van der Waals surface area contributed by atoms with Crippen LogP contribution in [0.2, 0.25) is 0 Å². The van der Waals surface area contributed by atoms with Gasteiger partial charge in [-0.2, -0.15) is 0 Å². The van der Waals surface area contributed by atoms with Crippen molar-refractivity contribution in [3.05, 3.63) is 82.2 Å². The molecule has 0 radical (unpaired) electrons. The van der Waals surface area contributed by atoms with Crippen molar-refractivity contribution in [3.8, 4) is 0 Å². The molecule has 1 aromatic heterocycles. The van der Waals surface area contributed by atoms with E-state index in [1.54, 1.807) is 30.3 Å². The van der Waals surface area contributed by atoms with Crippen LogP contribution in [0.4, 0.5) is 11.4 Å². The fourth-order valence-electron chi connectivity index (χ4n) is 5.21. The summed E-state index contributed by atoms with van der Waals surface area (Å²) in [6.07, 6.45) is 5.53. The lowest BCUT2D eigenvalue weighted by Gasteiger charge is -2.26. The smallest absolute Gasteiger partial charge is 0.256 e. The van der Waals surface area contributed by atoms with Crippen LogP contribution in [-0.2, 0) is 4.79 Å². The number of nitrogens with zero attached hydrogens (tertiary/aromatic N) is 1. The van der Waals surface area contributed by atoms with Crippen LogP contribution >= 0.6 is 0 Å². The van der Waals surface area contributed by atoms with Gasteiger partial charge >= 0.3 is 0 Å². The third-order valence-corrected chi connectivity index (χ3v) is 7.25. The van der Waals surface area contributed by atoms with Gasteiger partial charge < -0.3 is 25.8 Å². The van der Waals surface area contributed by atoms with Gasteiger partial charge in [0.2, 0.25) is 0 Å². The number of likely N-dealkylation sites (tertiary alicyclic amines) is 1. The molecule has 3 heterocycles. The Kier molecular flexibility index (Phi) is 7.42. The van der Waals surface area contributed by atoms with E-state index >= 15 is 0 Å². The number of piperidine rings is 1. The summed E-state index contributed by atoms with van der Waals surface area (Å²) in [6, 6.07) is 14.3. The van der Waals surface area contributed by atoms with E-state index in [1.807, 2.05) is 38.1 Å². The number of benzene rings is 2. The quantitative estimate of drug-likeness (QED) is 0.348. The Hall–Kier alpha value is -4.17. The molecule has 1 fully saturated rings. The second kappa shape index (κ2) is 11.1. The Morgan fingerprint density at radius 1 is 1.00 bits per heavy atom. The van der Waals surface area contributed by atoms with Crippen molar-refractivity contribution >= 4 is 40.7 Å². The molecular weight excluding hydrogens is 478 g/mol. The molecule has 8 nitrogen and oxygen atoms in total. The third-order valence-electron chi connectivity index (χ3n) is 7.25. The number of aryl methyl sites for hydroxylation is 1. The summed E-state index contributed by atoms with van der Waals surface area (Å²) in [5.74, 6) is -0.552. The molecule has 0 bridgehead atoms. The van der Waals surface area contributed by atoms with Gasteiger partial charge in [0.25, 0.3) is 17.7 Å². The van der Waals surface area contributed by atoms with Gasteiger partial charge in [-0.15, -0.1) is 0 Å². The Morgan fingerprint density at radius 2 is 1.76 bits per heavy atom. The normalized spacial score (nSPS) is 16.3. The van der Waals surface area contributed by atoms with Crippen LogP contribution in [0, 0.1) is 13.8 Å². The van der Waals surface area contributed by atoms with Crippen molar-refractivity contribution in [3.63, 3.8) is 0 Å². The second-order valence-corrected chi connectivity index (χ2v) is 9.91. The molecule has 8 heteroatoms. The molecule has 2 aliphatic rings. The summed E-state index contributed by atoms with van der Waals surface area (Å²) in [5, 5.41) is 8.82. The van der Waals surface area contributed by atoms with Crippen LogP contribution in [-0.4, -0.2) is 53.8 Å². The SMILES string of the molecule is Cc1[nH]c(/C=C2\C(=O)Nc3cc(NC(=O)c4ccccc4)ccc32)c(C)c1C(=O)NCCN1CCCCC1. The zero-order valence-electron chi connectivity index (χ0n) is 21.8. The maximum absolute atomic E-state index is 13.0. The Morgan fingerprint density at radius 3 is 2.53 bits per heavy atom. The summed E-state index contributed by atoms with van der Waals surface area (Å²) < 4.78 is 0. The van der Waals surface area contributed by atoms with Gasteiger partial charge in [0.05, 0.1) is 16.8 Å². The van der Waals surface area contributed by atoms with Crippen LogP contribution in [0.15, 0.2) is 48.5 Å². The molecule has 0 saturated carbocycles. The van der Waals surface area contributed by atoms with E-state index in [-0.39, 0.29) is 17.7 Å². The molecule has 1 saturated heterocycles. The van der Waals surface area contributed by atoms with Crippen LogP contribution in [0.3, 0.4) is 0 Å². The summed E-state index contributed by atoms with van der Waals surface area (Å²) in [6.45, 7) is 7.43. The molecule has 38 heavy (non-hydrogen) atoms. The number of hydrogen-bond acceptors (Lipinski definition) is 4. The fraction of sp³-hybridized carbons (Fsp3) is 0.300. The van der Waals surface area contributed by atoms with Gasteiger partial charge in [-0.25, -0.2) is 0 Å². The molecule has 3 aromatic rings. The van der Waals surface area contributed by atoms with Crippen LogP contribution in [0.25, 0.3) is 11.6 Å². The lowest BCUT2D eigenvalue weighted by atomic mass is 10.0. The molecule has 0 aliphatic carbocycles. The third kappa shape index (κ3) is 5.40. The van der Waals surface area contributed by atoms with Crippen molar-refractivity contribution < 1.29 is 14.4 Å². The Bertz CT molecular complexity index is 1400. The van der Waals surface area contributed by atoms with Crippen molar-refractivity contribution in [2.45, 2.75) is 33.1 Å². The monoisotopic (exact) mass is 511 g/mol. The number of hydrogen-bond donors (Lipinski definition) is 4. The molecule has 3 amide bonds. The van der Waals surface area contributed by atoms with E-state index in [2.05, 4.69) is 25.8 Å². The number of H-pyrrole nitrogens is 1. The highest BCUT2D eigenvalue weighted by molar-refractivity contribution is 6.35.